The molecule has 1 aliphatic heterocycles. The number of rotatable bonds is 0. The fourth-order valence-corrected chi connectivity index (χ4v) is 2.04. The molecule has 2 rings (SSSR count). The quantitative estimate of drug-likeness (QED) is 0.716. The molecule has 0 saturated carbocycles. The highest BCUT2D eigenvalue weighted by Crippen LogP contribution is 2.39. The van der Waals surface area contributed by atoms with Crippen molar-refractivity contribution in [3.63, 3.8) is 0 Å². The van der Waals surface area contributed by atoms with Crippen LogP contribution in [-0.2, 0) is 0 Å². The summed E-state index contributed by atoms with van der Waals surface area (Å²) in [5, 5.41) is 0.689. The first-order chi connectivity index (χ1) is 6.48. The molecule has 1 aromatic carbocycles. The molecular formula is C11H14ClNO. The van der Waals surface area contributed by atoms with Crippen molar-refractivity contribution < 1.29 is 4.74 Å². The second kappa shape index (κ2) is 3.14. The van der Waals surface area contributed by atoms with E-state index in [1.54, 1.807) is 0 Å². The Morgan fingerprint density at radius 2 is 2.21 bits per heavy atom. The van der Waals surface area contributed by atoms with Crippen LogP contribution in [0.3, 0.4) is 0 Å². The molecule has 0 spiro atoms. The maximum Gasteiger partial charge on any atom is 0.126 e. The third-order valence-corrected chi connectivity index (χ3v) is 2.71. The first-order valence-corrected chi connectivity index (χ1v) is 5.10. The van der Waals surface area contributed by atoms with Crippen molar-refractivity contribution >= 4 is 11.6 Å². The monoisotopic (exact) mass is 211 g/mol. The molecule has 0 aromatic heterocycles. The van der Waals surface area contributed by atoms with Gasteiger partial charge in [0.2, 0.25) is 0 Å². The normalized spacial score (nSPS) is 23.9. The summed E-state index contributed by atoms with van der Waals surface area (Å²) in [5.41, 5.74) is 6.90. The van der Waals surface area contributed by atoms with E-state index < -0.39 is 0 Å². The van der Waals surface area contributed by atoms with E-state index in [2.05, 4.69) is 0 Å². The summed E-state index contributed by atoms with van der Waals surface area (Å²) >= 11 is 5.90. The minimum Gasteiger partial charge on any atom is -0.487 e. The van der Waals surface area contributed by atoms with Gasteiger partial charge in [-0.15, -0.1) is 0 Å². The fourth-order valence-electron chi connectivity index (χ4n) is 1.88. The maximum atomic E-state index is 6.05. The minimum absolute atomic E-state index is 0.0472. The Balaban J connectivity index is 2.46. The lowest BCUT2D eigenvalue weighted by atomic mass is 9.90. The highest BCUT2D eigenvalue weighted by Gasteiger charge is 2.31. The van der Waals surface area contributed by atoms with Crippen LogP contribution in [0.2, 0.25) is 5.02 Å². The molecule has 14 heavy (non-hydrogen) atoms. The summed E-state index contributed by atoms with van der Waals surface area (Å²) in [7, 11) is 0. The topological polar surface area (TPSA) is 35.2 Å². The van der Waals surface area contributed by atoms with E-state index in [0.717, 1.165) is 17.7 Å². The smallest absolute Gasteiger partial charge is 0.126 e. The molecule has 0 saturated heterocycles. The second-order valence-electron chi connectivity index (χ2n) is 4.35. The molecule has 1 atom stereocenters. The summed E-state index contributed by atoms with van der Waals surface area (Å²) in [6.45, 7) is 4.08. The Morgan fingerprint density at radius 3 is 2.93 bits per heavy atom. The van der Waals surface area contributed by atoms with Gasteiger partial charge < -0.3 is 10.5 Å². The van der Waals surface area contributed by atoms with E-state index in [4.69, 9.17) is 22.1 Å². The van der Waals surface area contributed by atoms with Crippen LogP contribution in [0.15, 0.2) is 18.2 Å². The van der Waals surface area contributed by atoms with Crippen molar-refractivity contribution in [2.45, 2.75) is 31.9 Å². The summed E-state index contributed by atoms with van der Waals surface area (Å²) < 4.78 is 5.81. The van der Waals surface area contributed by atoms with Crippen LogP contribution >= 0.6 is 11.6 Å². The fraction of sp³-hybridized carbons (Fsp3) is 0.455. The van der Waals surface area contributed by atoms with Gasteiger partial charge in [0.1, 0.15) is 11.4 Å². The van der Waals surface area contributed by atoms with Crippen LogP contribution in [0, 0.1) is 0 Å². The van der Waals surface area contributed by atoms with Crippen LogP contribution in [0.1, 0.15) is 31.9 Å². The number of benzene rings is 1. The number of nitrogens with two attached hydrogens (primary N) is 1. The molecule has 1 heterocycles. The van der Waals surface area contributed by atoms with E-state index in [0.29, 0.717) is 5.02 Å². The molecule has 2 N–H and O–H groups in total. The van der Waals surface area contributed by atoms with E-state index in [9.17, 15) is 0 Å². The second-order valence-corrected chi connectivity index (χ2v) is 4.79. The minimum atomic E-state index is -0.197. The van der Waals surface area contributed by atoms with Gasteiger partial charge in [0.05, 0.1) is 0 Å². The van der Waals surface area contributed by atoms with Gasteiger partial charge in [-0.05, 0) is 26.0 Å². The Hall–Kier alpha value is -0.730. The van der Waals surface area contributed by atoms with E-state index in [1.165, 1.54) is 0 Å². The Morgan fingerprint density at radius 1 is 1.50 bits per heavy atom. The number of hydrogen-bond donors (Lipinski definition) is 1. The maximum absolute atomic E-state index is 6.05. The van der Waals surface area contributed by atoms with E-state index in [-0.39, 0.29) is 11.6 Å². The summed E-state index contributed by atoms with van der Waals surface area (Å²) in [5.74, 6) is 0.821. The first-order valence-electron chi connectivity index (χ1n) is 4.72. The number of halogens is 1. The van der Waals surface area contributed by atoms with Crippen molar-refractivity contribution in [3.8, 4) is 5.75 Å². The molecule has 0 aliphatic carbocycles. The van der Waals surface area contributed by atoms with Crippen LogP contribution in [0.4, 0.5) is 0 Å². The predicted molar refractivity (Wildman–Crippen MR) is 57.7 cm³/mol. The molecule has 0 radical (unpaired) electrons. The average molecular weight is 212 g/mol. The van der Waals surface area contributed by atoms with E-state index >= 15 is 0 Å². The standard InChI is InChI=1S/C11H14ClNO/c1-11(2)6-9(13)8-4-3-7(12)5-10(8)14-11/h3-5,9H,6,13H2,1-2H3. The van der Waals surface area contributed by atoms with Gasteiger partial charge in [0, 0.05) is 23.0 Å². The van der Waals surface area contributed by atoms with Gasteiger partial charge in [-0.1, -0.05) is 17.7 Å². The zero-order valence-electron chi connectivity index (χ0n) is 8.38. The highest BCUT2D eigenvalue weighted by molar-refractivity contribution is 6.30. The lowest BCUT2D eigenvalue weighted by Crippen LogP contribution is -2.37. The molecule has 3 heteroatoms. The summed E-state index contributed by atoms with van der Waals surface area (Å²) in [6.07, 6.45) is 0.835. The summed E-state index contributed by atoms with van der Waals surface area (Å²) in [6, 6.07) is 5.67. The van der Waals surface area contributed by atoms with Gasteiger partial charge in [-0.2, -0.15) is 0 Å². The van der Waals surface area contributed by atoms with Crippen molar-refractivity contribution in [1.82, 2.24) is 0 Å². The Labute approximate surface area is 89.0 Å². The Kier molecular flexibility index (Phi) is 2.20. The number of fused-ring (bicyclic) bond motifs is 1. The molecule has 1 unspecified atom stereocenters. The molecule has 0 fully saturated rings. The van der Waals surface area contributed by atoms with Gasteiger partial charge >= 0.3 is 0 Å². The van der Waals surface area contributed by atoms with Gasteiger partial charge in [0.15, 0.2) is 0 Å². The molecular weight excluding hydrogens is 198 g/mol. The zero-order valence-corrected chi connectivity index (χ0v) is 9.14. The van der Waals surface area contributed by atoms with E-state index in [1.807, 2.05) is 32.0 Å². The van der Waals surface area contributed by atoms with Gasteiger partial charge in [0.25, 0.3) is 0 Å². The number of hydrogen-bond acceptors (Lipinski definition) is 2. The lowest BCUT2D eigenvalue weighted by Gasteiger charge is -2.36. The number of ether oxygens (including phenoxy) is 1. The molecule has 1 aliphatic rings. The van der Waals surface area contributed by atoms with Crippen LogP contribution in [0.25, 0.3) is 0 Å². The molecule has 0 bridgehead atoms. The van der Waals surface area contributed by atoms with Gasteiger partial charge in [-0.3, -0.25) is 0 Å². The SMILES string of the molecule is CC1(C)CC(N)c2ccc(Cl)cc2O1. The largest absolute Gasteiger partial charge is 0.487 e. The first kappa shape index (κ1) is 9.81. The van der Waals surface area contributed by atoms with Crippen LogP contribution in [-0.4, -0.2) is 5.60 Å². The zero-order chi connectivity index (χ0) is 10.3. The predicted octanol–water partition coefficient (Wildman–Crippen LogP) is 2.90. The van der Waals surface area contributed by atoms with Crippen molar-refractivity contribution in [1.29, 1.82) is 0 Å². The molecule has 0 amide bonds. The molecule has 76 valence electrons. The van der Waals surface area contributed by atoms with Crippen LogP contribution < -0.4 is 10.5 Å². The average Bonchev–Trinajstić information content (AvgIpc) is 2.00. The molecule has 1 aromatic rings. The van der Waals surface area contributed by atoms with Crippen molar-refractivity contribution in [3.05, 3.63) is 28.8 Å². The van der Waals surface area contributed by atoms with Crippen molar-refractivity contribution in [2.24, 2.45) is 5.73 Å². The third kappa shape index (κ3) is 1.72. The van der Waals surface area contributed by atoms with Crippen molar-refractivity contribution in [2.75, 3.05) is 0 Å². The van der Waals surface area contributed by atoms with Gasteiger partial charge in [-0.25, -0.2) is 0 Å². The molecule has 2 nitrogen and oxygen atoms in total. The Bertz CT molecular complexity index is 362. The third-order valence-electron chi connectivity index (χ3n) is 2.47. The lowest BCUT2D eigenvalue weighted by molar-refractivity contribution is 0.0729. The highest BCUT2D eigenvalue weighted by atomic mass is 35.5. The summed E-state index contributed by atoms with van der Waals surface area (Å²) in [4.78, 5) is 0. The van der Waals surface area contributed by atoms with Crippen LogP contribution in [0.5, 0.6) is 5.75 Å².